The van der Waals surface area contributed by atoms with Gasteiger partial charge in [-0.25, -0.2) is 4.98 Å². The number of anilines is 1. The Kier molecular flexibility index (Phi) is 3.33. The van der Waals surface area contributed by atoms with Crippen LogP contribution in [0.3, 0.4) is 0 Å². The van der Waals surface area contributed by atoms with Crippen molar-refractivity contribution in [2.24, 2.45) is 0 Å². The first-order valence-corrected chi connectivity index (χ1v) is 7.36. The van der Waals surface area contributed by atoms with Crippen molar-refractivity contribution in [3.63, 3.8) is 0 Å². The molecule has 1 aromatic heterocycles. The lowest BCUT2D eigenvalue weighted by Crippen LogP contribution is -2.21. The lowest BCUT2D eigenvalue weighted by molar-refractivity contribution is -0.382. The van der Waals surface area contributed by atoms with Crippen LogP contribution in [-0.2, 0) is 0 Å². The highest BCUT2D eigenvalue weighted by Crippen LogP contribution is 2.34. The van der Waals surface area contributed by atoms with E-state index in [0.29, 0.717) is 16.3 Å². The Bertz CT molecular complexity index is 605. The summed E-state index contributed by atoms with van der Waals surface area (Å²) < 4.78 is 0.658. The van der Waals surface area contributed by atoms with Gasteiger partial charge in [0.2, 0.25) is 0 Å². The van der Waals surface area contributed by atoms with Gasteiger partial charge < -0.3 is 5.32 Å². The second-order valence-corrected chi connectivity index (χ2v) is 5.88. The summed E-state index contributed by atoms with van der Waals surface area (Å²) in [4.78, 5) is 15.1. The molecular formula is C13H15N3O2S. The van der Waals surface area contributed by atoms with Crippen LogP contribution in [0.15, 0.2) is 18.2 Å². The number of benzene rings is 1. The van der Waals surface area contributed by atoms with Gasteiger partial charge in [-0.2, -0.15) is 0 Å². The van der Waals surface area contributed by atoms with Gasteiger partial charge in [-0.3, -0.25) is 10.1 Å². The smallest absolute Gasteiger partial charge is 0.288 e. The fourth-order valence-electron chi connectivity index (χ4n) is 2.56. The minimum absolute atomic E-state index is 0.145. The third-order valence-electron chi connectivity index (χ3n) is 3.52. The normalized spacial score (nSPS) is 16.6. The number of hydrogen-bond acceptors (Lipinski definition) is 5. The van der Waals surface area contributed by atoms with Gasteiger partial charge in [-0.1, -0.05) is 36.7 Å². The summed E-state index contributed by atoms with van der Waals surface area (Å²) in [7, 11) is 0. The van der Waals surface area contributed by atoms with Crippen LogP contribution in [0.2, 0.25) is 0 Å². The zero-order valence-electron chi connectivity index (χ0n) is 10.5. The first-order valence-electron chi connectivity index (χ1n) is 6.54. The standard InChI is InChI=1S/C13H15N3O2S/c17-16(18)11-8-4-7-10-12(11)19-13(15-10)14-9-5-2-1-3-6-9/h4,7-9H,1-3,5-6H2,(H,14,15). The molecule has 1 N–H and O–H groups in total. The lowest BCUT2D eigenvalue weighted by atomic mass is 9.96. The van der Waals surface area contributed by atoms with E-state index < -0.39 is 0 Å². The van der Waals surface area contributed by atoms with E-state index in [9.17, 15) is 10.1 Å². The van der Waals surface area contributed by atoms with Crippen molar-refractivity contribution in [2.75, 3.05) is 5.32 Å². The second-order valence-electron chi connectivity index (χ2n) is 4.88. The predicted molar refractivity (Wildman–Crippen MR) is 76.8 cm³/mol. The van der Waals surface area contributed by atoms with Gasteiger partial charge in [0, 0.05) is 12.1 Å². The first kappa shape index (κ1) is 12.3. The molecule has 0 radical (unpaired) electrons. The number of non-ortho nitro benzene ring substituents is 1. The molecule has 1 saturated carbocycles. The molecule has 19 heavy (non-hydrogen) atoms. The van der Waals surface area contributed by atoms with Crippen LogP contribution in [-0.4, -0.2) is 15.9 Å². The summed E-state index contributed by atoms with van der Waals surface area (Å²) in [6.07, 6.45) is 6.14. The van der Waals surface area contributed by atoms with Crippen molar-refractivity contribution in [3.05, 3.63) is 28.3 Å². The molecule has 3 rings (SSSR count). The number of aromatic nitrogens is 1. The van der Waals surface area contributed by atoms with E-state index in [2.05, 4.69) is 10.3 Å². The van der Waals surface area contributed by atoms with Crippen molar-refractivity contribution in [3.8, 4) is 0 Å². The van der Waals surface area contributed by atoms with E-state index in [0.717, 1.165) is 18.0 Å². The van der Waals surface area contributed by atoms with Crippen molar-refractivity contribution >= 4 is 32.4 Å². The molecule has 0 spiro atoms. The first-order chi connectivity index (χ1) is 9.24. The summed E-state index contributed by atoms with van der Waals surface area (Å²) in [5.74, 6) is 0. The van der Waals surface area contributed by atoms with Crippen LogP contribution >= 0.6 is 11.3 Å². The summed E-state index contributed by atoms with van der Waals surface area (Å²) in [6, 6.07) is 5.51. The molecule has 1 aromatic carbocycles. The SMILES string of the molecule is O=[N+]([O-])c1cccc2nc(NC3CCCCC3)sc12. The van der Waals surface area contributed by atoms with Gasteiger partial charge in [-0.05, 0) is 18.9 Å². The van der Waals surface area contributed by atoms with Gasteiger partial charge in [0.15, 0.2) is 5.13 Å². The van der Waals surface area contributed by atoms with Crippen molar-refractivity contribution in [2.45, 2.75) is 38.1 Å². The van der Waals surface area contributed by atoms with Crippen molar-refractivity contribution in [1.82, 2.24) is 4.98 Å². The molecule has 0 unspecified atom stereocenters. The molecule has 1 aliphatic carbocycles. The molecule has 0 bridgehead atoms. The number of hydrogen-bond donors (Lipinski definition) is 1. The Hall–Kier alpha value is -1.69. The number of thiazole rings is 1. The maximum atomic E-state index is 11.0. The van der Waals surface area contributed by atoms with Crippen LogP contribution < -0.4 is 5.32 Å². The van der Waals surface area contributed by atoms with E-state index in [4.69, 9.17) is 0 Å². The van der Waals surface area contributed by atoms with E-state index in [1.807, 2.05) is 6.07 Å². The van der Waals surface area contributed by atoms with E-state index in [1.165, 1.54) is 36.7 Å². The molecule has 6 heteroatoms. The van der Waals surface area contributed by atoms with E-state index >= 15 is 0 Å². The molecule has 1 aliphatic rings. The topological polar surface area (TPSA) is 68.1 Å². The Morgan fingerprint density at radius 1 is 1.32 bits per heavy atom. The molecular weight excluding hydrogens is 262 g/mol. The summed E-state index contributed by atoms with van der Waals surface area (Å²) in [5, 5.41) is 15.2. The van der Waals surface area contributed by atoms with Crippen LogP contribution in [0.25, 0.3) is 10.2 Å². The van der Waals surface area contributed by atoms with E-state index in [-0.39, 0.29) is 10.6 Å². The zero-order valence-corrected chi connectivity index (χ0v) is 11.3. The van der Waals surface area contributed by atoms with Gasteiger partial charge in [0.1, 0.15) is 4.70 Å². The monoisotopic (exact) mass is 277 g/mol. The Morgan fingerprint density at radius 2 is 2.11 bits per heavy atom. The van der Waals surface area contributed by atoms with Crippen LogP contribution in [0.4, 0.5) is 10.8 Å². The Balaban J connectivity index is 1.88. The van der Waals surface area contributed by atoms with Crippen molar-refractivity contribution in [1.29, 1.82) is 0 Å². The lowest BCUT2D eigenvalue weighted by Gasteiger charge is -2.22. The van der Waals surface area contributed by atoms with E-state index in [1.54, 1.807) is 6.07 Å². The summed E-state index contributed by atoms with van der Waals surface area (Å²) >= 11 is 1.38. The van der Waals surface area contributed by atoms with Gasteiger partial charge in [0.25, 0.3) is 5.69 Å². The molecule has 1 fully saturated rings. The maximum absolute atomic E-state index is 11.0. The van der Waals surface area contributed by atoms with Gasteiger partial charge in [-0.15, -0.1) is 0 Å². The van der Waals surface area contributed by atoms with Gasteiger partial charge >= 0.3 is 0 Å². The number of nitro benzene ring substituents is 1. The van der Waals surface area contributed by atoms with Crippen LogP contribution in [0.1, 0.15) is 32.1 Å². The molecule has 100 valence electrons. The molecule has 0 aliphatic heterocycles. The number of nitrogens with zero attached hydrogens (tertiary/aromatic N) is 2. The second kappa shape index (κ2) is 5.13. The molecule has 0 atom stereocenters. The third-order valence-corrected chi connectivity index (χ3v) is 4.55. The summed E-state index contributed by atoms with van der Waals surface area (Å²) in [5.41, 5.74) is 0.851. The molecule has 1 heterocycles. The predicted octanol–water partition coefficient (Wildman–Crippen LogP) is 3.95. The highest BCUT2D eigenvalue weighted by molar-refractivity contribution is 7.22. The number of nitro groups is 1. The Labute approximate surface area is 114 Å². The zero-order chi connectivity index (χ0) is 13.2. The average Bonchev–Trinajstić information content (AvgIpc) is 2.81. The minimum atomic E-state index is -0.342. The number of nitrogens with one attached hydrogen (secondary N) is 1. The molecule has 0 amide bonds. The van der Waals surface area contributed by atoms with Crippen molar-refractivity contribution < 1.29 is 4.92 Å². The largest absolute Gasteiger partial charge is 0.359 e. The van der Waals surface area contributed by atoms with Crippen LogP contribution in [0, 0.1) is 10.1 Å². The minimum Gasteiger partial charge on any atom is -0.359 e. The molecule has 2 aromatic rings. The Morgan fingerprint density at radius 3 is 2.84 bits per heavy atom. The maximum Gasteiger partial charge on any atom is 0.288 e. The molecule has 5 nitrogen and oxygen atoms in total. The number of rotatable bonds is 3. The quantitative estimate of drug-likeness (QED) is 0.681. The highest BCUT2D eigenvalue weighted by atomic mass is 32.1. The fourth-order valence-corrected chi connectivity index (χ4v) is 3.59. The average molecular weight is 277 g/mol. The van der Waals surface area contributed by atoms with Crippen LogP contribution in [0.5, 0.6) is 0 Å². The third kappa shape index (κ3) is 2.53. The fraction of sp³-hybridized carbons (Fsp3) is 0.462. The number of fused-ring (bicyclic) bond motifs is 1. The van der Waals surface area contributed by atoms with Gasteiger partial charge in [0.05, 0.1) is 10.4 Å². The highest BCUT2D eigenvalue weighted by Gasteiger charge is 2.18. The summed E-state index contributed by atoms with van der Waals surface area (Å²) in [6.45, 7) is 0. The molecule has 0 saturated heterocycles.